The summed E-state index contributed by atoms with van der Waals surface area (Å²) in [6, 6.07) is 6.16. The third-order valence-electron chi connectivity index (χ3n) is 4.29. The van der Waals surface area contributed by atoms with E-state index >= 15 is 0 Å². The first-order valence-corrected chi connectivity index (χ1v) is 9.88. The minimum Gasteiger partial charge on any atom is -0.492 e. The third-order valence-corrected chi connectivity index (χ3v) is 5.10. The molecule has 154 valence electrons. The molecule has 3 rings (SSSR count). The number of nitrogens with one attached hydrogen (secondary N) is 1. The number of nitrogens with zero attached hydrogens (tertiary/aromatic N) is 5. The number of aryl methyl sites for hydroxylation is 1. The Balaban J connectivity index is 0.00000280. The van der Waals surface area contributed by atoms with E-state index in [0.29, 0.717) is 18.9 Å². The SMILES string of the molecule is CCc1nsc(N2CCN(C(=NC)NCCOc3cccc(F)c3)CC2)n1.I. The fourth-order valence-electron chi connectivity index (χ4n) is 2.85. The van der Waals surface area contributed by atoms with Crippen LogP contribution in [0.1, 0.15) is 12.7 Å². The molecule has 28 heavy (non-hydrogen) atoms. The summed E-state index contributed by atoms with van der Waals surface area (Å²) in [5.41, 5.74) is 0. The Bertz CT molecular complexity index is 766. The topological polar surface area (TPSA) is 65.9 Å². The van der Waals surface area contributed by atoms with Crippen LogP contribution in [0.25, 0.3) is 0 Å². The highest BCUT2D eigenvalue weighted by molar-refractivity contribution is 14.0. The Hall–Kier alpha value is -1.69. The second-order valence-electron chi connectivity index (χ2n) is 6.10. The number of hydrogen-bond acceptors (Lipinski definition) is 6. The summed E-state index contributed by atoms with van der Waals surface area (Å²) in [7, 11) is 1.78. The molecule has 1 aromatic heterocycles. The van der Waals surface area contributed by atoms with Crippen molar-refractivity contribution in [1.82, 2.24) is 19.6 Å². The number of aromatic nitrogens is 2. The lowest BCUT2D eigenvalue weighted by atomic mass is 10.3. The summed E-state index contributed by atoms with van der Waals surface area (Å²) in [4.78, 5) is 13.4. The highest BCUT2D eigenvalue weighted by Crippen LogP contribution is 2.19. The van der Waals surface area contributed by atoms with Gasteiger partial charge in [-0.3, -0.25) is 4.99 Å². The van der Waals surface area contributed by atoms with Gasteiger partial charge in [-0.15, -0.1) is 24.0 Å². The van der Waals surface area contributed by atoms with Crippen LogP contribution < -0.4 is 15.0 Å². The van der Waals surface area contributed by atoms with E-state index in [9.17, 15) is 4.39 Å². The van der Waals surface area contributed by atoms with Gasteiger partial charge in [0.2, 0.25) is 5.13 Å². The summed E-state index contributed by atoms with van der Waals surface area (Å²) in [6.45, 7) is 6.61. The molecule has 0 saturated carbocycles. The summed E-state index contributed by atoms with van der Waals surface area (Å²) in [5, 5.41) is 4.30. The van der Waals surface area contributed by atoms with Gasteiger partial charge in [0.25, 0.3) is 0 Å². The minimum absolute atomic E-state index is 0. The monoisotopic (exact) mass is 520 g/mol. The number of ether oxygens (including phenoxy) is 1. The van der Waals surface area contributed by atoms with Crippen LogP contribution in [0.4, 0.5) is 9.52 Å². The third kappa shape index (κ3) is 6.16. The molecule has 1 N–H and O–H groups in total. The molecule has 1 saturated heterocycles. The number of piperazine rings is 1. The molecular formula is C18H26FIN6OS. The second-order valence-corrected chi connectivity index (χ2v) is 6.83. The average Bonchev–Trinajstić information content (AvgIpc) is 3.18. The van der Waals surface area contributed by atoms with Gasteiger partial charge in [0.15, 0.2) is 5.96 Å². The number of aliphatic imine (C=N–C) groups is 1. The van der Waals surface area contributed by atoms with Gasteiger partial charge < -0.3 is 19.9 Å². The van der Waals surface area contributed by atoms with Crippen LogP contribution in [0.3, 0.4) is 0 Å². The zero-order valence-corrected chi connectivity index (χ0v) is 19.2. The van der Waals surface area contributed by atoms with Crippen molar-refractivity contribution >= 4 is 46.6 Å². The van der Waals surface area contributed by atoms with Gasteiger partial charge in [-0.05, 0) is 12.1 Å². The van der Waals surface area contributed by atoms with E-state index in [1.165, 1.54) is 23.7 Å². The maximum absolute atomic E-state index is 13.1. The maximum Gasteiger partial charge on any atom is 0.205 e. The number of guanidine groups is 1. The number of benzene rings is 1. The van der Waals surface area contributed by atoms with Gasteiger partial charge in [0, 0.05) is 57.2 Å². The van der Waals surface area contributed by atoms with Crippen molar-refractivity contribution in [3.8, 4) is 5.75 Å². The molecule has 7 nitrogen and oxygen atoms in total. The van der Waals surface area contributed by atoms with Gasteiger partial charge >= 0.3 is 0 Å². The van der Waals surface area contributed by atoms with Crippen LogP contribution in [0.5, 0.6) is 5.75 Å². The van der Waals surface area contributed by atoms with E-state index in [2.05, 4.69) is 36.4 Å². The van der Waals surface area contributed by atoms with E-state index in [1.807, 2.05) is 0 Å². The lowest BCUT2D eigenvalue weighted by molar-refractivity contribution is 0.313. The van der Waals surface area contributed by atoms with Gasteiger partial charge in [-0.1, -0.05) is 13.0 Å². The van der Waals surface area contributed by atoms with Crippen molar-refractivity contribution in [3.05, 3.63) is 35.9 Å². The maximum atomic E-state index is 13.1. The minimum atomic E-state index is -0.296. The number of rotatable bonds is 6. The average molecular weight is 520 g/mol. The molecule has 1 aliphatic rings. The molecule has 0 unspecified atom stereocenters. The molecule has 0 spiro atoms. The van der Waals surface area contributed by atoms with Crippen LogP contribution in [-0.2, 0) is 6.42 Å². The van der Waals surface area contributed by atoms with Gasteiger partial charge in [0.05, 0.1) is 6.54 Å². The van der Waals surface area contributed by atoms with Crippen molar-refractivity contribution in [2.24, 2.45) is 4.99 Å². The summed E-state index contributed by atoms with van der Waals surface area (Å²) >= 11 is 1.47. The summed E-state index contributed by atoms with van der Waals surface area (Å²) < 4.78 is 23.1. The molecule has 0 radical (unpaired) electrons. The highest BCUT2D eigenvalue weighted by atomic mass is 127. The molecule has 1 aromatic carbocycles. The second kappa shape index (κ2) is 11.3. The van der Waals surface area contributed by atoms with Crippen LogP contribution in [0, 0.1) is 5.82 Å². The van der Waals surface area contributed by atoms with Crippen LogP contribution in [0.15, 0.2) is 29.3 Å². The number of halogens is 2. The van der Waals surface area contributed by atoms with E-state index in [4.69, 9.17) is 4.74 Å². The Labute approximate surface area is 186 Å². The Kier molecular flexibility index (Phi) is 9.16. The number of anilines is 1. The van der Waals surface area contributed by atoms with E-state index in [-0.39, 0.29) is 29.8 Å². The lowest BCUT2D eigenvalue weighted by Gasteiger charge is -2.36. The summed E-state index contributed by atoms with van der Waals surface area (Å²) in [5.74, 6) is 2.00. The van der Waals surface area contributed by atoms with Crippen molar-refractivity contribution in [2.75, 3.05) is 51.3 Å². The van der Waals surface area contributed by atoms with Crippen LogP contribution in [-0.4, -0.2) is 66.6 Å². The van der Waals surface area contributed by atoms with E-state index in [0.717, 1.165) is 49.5 Å². The summed E-state index contributed by atoms with van der Waals surface area (Å²) in [6.07, 6.45) is 0.866. The molecule has 0 atom stereocenters. The fraction of sp³-hybridized carbons (Fsp3) is 0.500. The smallest absolute Gasteiger partial charge is 0.205 e. The van der Waals surface area contributed by atoms with E-state index in [1.54, 1.807) is 19.2 Å². The van der Waals surface area contributed by atoms with Gasteiger partial charge in [-0.2, -0.15) is 4.37 Å². The van der Waals surface area contributed by atoms with Gasteiger partial charge in [0.1, 0.15) is 24.0 Å². The zero-order chi connectivity index (χ0) is 19.1. The van der Waals surface area contributed by atoms with Crippen molar-refractivity contribution in [3.63, 3.8) is 0 Å². The zero-order valence-electron chi connectivity index (χ0n) is 16.1. The molecule has 2 aromatic rings. The molecule has 1 aliphatic heterocycles. The quantitative estimate of drug-likeness (QED) is 0.274. The fourth-order valence-corrected chi connectivity index (χ4v) is 3.65. The molecule has 0 amide bonds. The number of hydrogen-bond donors (Lipinski definition) is 1. The van der Waals surface area contributed by atoms with Crippen molar-refractivity contribution < 1.29 is 9.13 Å². The van der Waals surface area contributed by atoms with Crippen LogP contribution >= 0.6 is 35.5 Å². The first kappa shape index (κ1) is 22.6. The Morgan fingerprint density at radius 1 is 1.32 bits per heavy atom. The standard InChI is InChI=1S/C18H25FN6OS.HI/c1-3-16-22-18(27-23-16)25-10-8-24(9-11-25)17(20-2)21-7-12-26-15-6-4-5-14(19)13-15;/h4-6,13H,3,7-12H2,1-2H3,(H,20,21);1H. The molecule has 2 heterocycles. The highest BCUT2D eigenvalue weighted by Gasteiger charge is 2.21. The first-order chi connectivity index (χ1) is 13.2. The Morgan fingerprint density at radius 3 is 2.75 bits per heavy atom. The predicted molar refractivity (Wildman–Crippen MR) is 122 cm³/mol. The predicted octanol–water partition coefficient (Wildman–Crippen LogP) is 2.63. The van der Waals surface area contributed by atoms with Crippen LogP contribution in [0.2, 0.25) is 0 Å². The van der Waals surface area contributed by atoms with E-state index < -0.39 is 0 Å². The molecule has 10 heteroatoms. The largest absolute Gasteiger partial charge is 0.492 e. The normalized spacial score (nSPS) is 14.6. The van der Waals surface area contributed by atoms with Crippen molar-refractivity contribution in [1.29, 1.82) is 0 Å². The molecule has 0 aliphatic carbocycles. The molecule has 1 fully saturated rings. The molecule has 0 bridgehead atoms. The van der Waals surface area contributed by atoms with Crippen molar-refractivity contribution in [2.45, 2.75) is 13.3 Å². The lowest BCUT2D eigenvalue weighted by Crippen LogP contribution is -2.53. The molecular weight excluding hydrogens is 494 g/mol. The first-order valence-electron chi connectivity index (χ1n) is 9.11. The van der Waals surface area contributed by atoms with Gasteiger partial charge in [-0.25, -0.2) is 9.37 Å². The Morgan fingerprint density at radius 2 is 2.11 bits per heavy atom.